The van der Waals surface area contributed by atoms with Crippen molar-refractivity contribution in [3.63, 3.8) is 0 Å². The highest BCUT2D eigenvalue weighted by atomic mass is 19.1. The third kappa shape index (κ3) is 4.02. The Labute approximate surface area is 161 Å². The molecule has 146 valence electrons. The zero-order valence-electron chi connectivity index (χ0n) is 16.1. The number of rotatable bonds is 5. The van der Waals surface area contributed by atoms with Crippen molar-refractivity contribution in [1.82, 2.24) is 9.97 Å². The van der Waals surface area contributed by atoms with Gasteiger partial charge in [0.2, 0.25) is 0 Å². The Morgan fingerprint density at radius 1 is 1.19 bits per heavy atom. The monoisotopic (exact) mass is 371 g/mol. The van der Waals surface area contributed by atoms with E-state index in [-0.39, 0.29) is 5.92 Å². The van der Waals surface area contributed by atoms with Gasteiger partial charge < -0.3 is 10.4 Å². The first-order valence-corrected chi connectivity index (χ1v) is 10.5. The predicted octanol–water partition coefficient (Wildman–Crippen LogP) is 5.03. The minimum absolute atomic E-state index is 0.229. The summed E-state index contributed by atoms with van der Waals surface area (Å²) in [4.78, 5) is 9.92. The molecule has 4 rings (SSSR count). The van der Waals surface area contributed by atoms with E-state index in [9.17, 15) is 9.50 Å². The number of halogens is 1. The highest BCUT2D eigenvalue weighted by molar-refractivity contribution is 5.45. The van der Waals surface area contributed by atoms with Crippen LogP contribution in [0.3, 0.4) is 0 Å². The van der Waals surface area contributed by atoms with Crippen LogP contribution in [0.2, 0.25) is 0 Å². The lowest BCUT2D eigenvalue weighted by Gasteiger charge is -2.31. The van der Waals surface area contributed by atoms with Crippen molar-refractivity contribution in [1.29, 1.82) is 0 Å². The molecule has 4 nitrogen and oxygen atoms in total. The molecule has 0 radical (unpaired) electrons. The van der Waals surface area contributed by atoms with Crippen LogP contribution in [-0.4, -0.2) is 27.8 Å². The summed E-state index contributed by atoms with van der Waals surface area (Å²) in [6, 6.07) is 0. The maximum atomic E-state index is 13.3. The van der Waals surface area contributed by atoms with Gasteiger partial charge in [0.1, 0.15) is 17.7 Å². The van der Waals surface area contributed by atoms with Crippen LogP contribution in [0, 0.1) is 11.8 Å². The van der Waals surface area contributed by atoms with Gasteiger partial charge in [0.25, 0.3) is 0 Å². The topological polar surface area (TPSA) is 58.0 Å². The Kier molecular flexibility index (Phi) is 5.46. The fourth-order valence-corrected chi connectivity index (χ4v) is 4.75. The van der Waals surface area contributed by atoms with Gasteiger partial charge in [-0.3, -0.25) is 4.98 Å². The quantitative estimate of drug-likeness (QED) is 0.762. The second-order valence-electron chi connectivity index (χ2n) is 8.22. The van der Waals surface area contributed by atoms with E-state index in [1.807, 2.05) is 6.08 Å². The summed E-state index contributed by atoms with van der Waals surface area (Å²) in [7, 11) is 0. The first-order valence-electron chi connectivity index (χ1n) is 10.5. The van der Waals surface area contributed by atoms with Crippen LogP contribution in [0.15, 0.2) is 24.0 Å². The normalized spacial score (nSPS) is 29.6. The molecule has 2 unspecified atom stereocenters. The second-order valence-corrected chi connectivity index (χ2v) is 8.22. The molecule has 0 aliphatic heterocycles. The average Bonchev–Trinajstić information content (AvgIpc) is 2.68. The molecule has 0 bridgehead atoms. The lowest BCUT2D eigenvalue weighted by atomic mass is 9.77. The van der Waals surface area contributed by atoms with E-state index in [0.29, 0.717) is 17.6 Å². The number of nitrogens with zero attached hydrogens (tertiary/aromatic N) is 2. The number of anilines is 1. The molecule has 3 aliphatic rings. The number of allylic oxidation sites excluding steroid dienone is 3. The van der Waals surface area contributed by atoms with Crippen molar-refractivity contribution in [2.24, 2.45) is 11.8 Å². The van der Waals surface area contributed by atoms with Crippen LogP contribution in [-0.2, 0) is 12.8 Å². The Morgan fingerprint density at radius 2 is 2.00 bits per heavy atom. The minimum atomic E-state index is -0.582. The fourth-order valence-electron chi connectivity index (χ4n) is 4.75. The number of alkyl halides is 1. The van der Waals surface area contributed by atoms with Crippen LogP contribution in [0.1, 0.15) is 68.4 Å². The van der Waals surface area contributed by atoms with Gasteiger partial charge in [-0.05, 0) is 75.4 Å². The van der Waals surface area contributed by atoms with Crippen molar-refractivity contribution in [3.8, 4) is 0 Å². The smallest absolute Gasteiger partial charge is 0.148 e. The summed E-state index contributed by atoms with van der Waals surface area (Å²) >= 11 is 0. The van der Waals surface area contributed by atoms with E-state index in [1.54, 1.807) is 6.08 Å². The number of fused-ring (bicyclic) bond motifs is 3. The Bertz CT molecular complexity index is 737. The first kappa shape index (κ1) is 18.5. The van der Waals surface area contributed by atoms with E-state index in [4.69, 9.17) is 9.97 Å². The van der Waals surface area contributed by atoms with Crippen molar-refractivity contribution < 1.29 is 9.50 Å². The number of aliphatic hydroxyl groups is 1. The Hall–Kier alpha value is -1.91. The van der Waals surface area contributed by atoms with E-state index < -0.39 is 6.17 Å². The van der Waals surface area contributed by atoms with E-state index in [0.717, 1.165) is 80.8 Å². The molecule has 5 heteroatoms. The molecule has 27 heavy (non-hydrogen) atoms. The van der Waals surface area contributed by atoms with Gasteiger partial charge >= 0.3 is 0 Å². The molecular weight excluding hydrogens is 341 g/mol. The summed E-state index contributed by atoms with van der Waals surface area (Å²) in [5.41, 5.74) is 3.19. The molecule has 0 amide bonds. The molecule has 0 aromatic carbocycles. The number of hydrogen-bond donors (Lipinski definition) is 2. The molecule has 3 aliphatic carbocycles. The molecular formula is C22H30FN3O. The van der Waals surface area contributed by atoms with Crippen LogP contribution >= 0.6 is 0 Å². The molecule has 1 aromatic heterocycles. The molecule has 0 saturated heterocycles. The summed E-state index contributed by atoms with van der Waals surface area (Å²) in [5, 5.41) is 13.3. The summed E-state index contributed by atoms with van der Waals surface area (Å²) in [6.45, 7) is 3.00. The van der Waals surface area contributed by atoms with Gasteiger partial charge in [0.15, 0.2) is 0 Å². The molecule has 0 spiro atoms. The summed E-state index contributed by atoms with van der Waals surface area (Å²) < 4.78 is 13.3. The van der Waals surface area contributed by atoms with Gasteiger partial charge in [-0.15, -0.1) is 0 Å². The standard InChI is InChI=1S/C22H30FN3O/c1-2-19-22(24-12-11-14-3-6-16(23)7-4-14)26-20-10-5-15-13-17(27)8-9-18(15)21(20)25-19/h8-9,13-16,18,27H,2-7,10-12H2,1H3,(H,24,26). The molecule has 1 saturated carbocycles. The van der Waals surface area contributed by atoms with E-state index in [1.165, 1.54) is 0 Å². The summed E-state index contributed by atoms with van der Waals surface area (Å²) in [6.07, 6.45) is 12.5. The van der Waals surface area contributed by atoms with Gasteiger partial charge in [0.05, 0.1) is 17.1 Å². The maximum absolute atomic E-state index is 13.3. The Morgan fingerprint density at radius 3 is 2.78 bits per heavy atom. The number of hydrogen-bond acceptors (Lipinski definition) is 4. The lowest BCUT2D eigenvalue weighted by Crippen LogP contribution is -2.24. The number of aryl methyl sites for hydroxylation is 2. The fraction of sp³-hybridized carbons (Fsp3) is 0.636. The molecule has 2 N–H and O–H groups in total. The van der Waals surface area contributed by atoms with Crippen molar-refractivity contribution in [2.45, 2.75) is 70.4 Å². The van der Waals surface area contributed by atoms with E-state index in [2.05, 4.69) is 18.3 Å². The minimum Gasteiger partial charge on any atom is -0.508 e. The van der Waals surface area contributed by atoms with Crippen LogP contribution < -0.4 is 5.32 Å². The highest BCUT2D eigenvalue weighted by Gasteiger charge is 2.32. The molecule has 1 heterocycles. The third-order valence-electron chi connectivity index (χ3n) is 6.38. The second kappa shape index (κ2) is 7.99. The highest BCUT2D eigenvalue weighted by Crippen LogP contribution is 2.40. The first-order chi connectivity index (χ1) is 13.1. The third-order valence-corrected chi connectivity index (χ3v) is 6.38. The van der Waals surface area contributed by atoms with Gasteiger partial charge in [0, 0.05) is 12.5 Å². The van der Waals surface area contributed by atoms with E-state index >= 15 is 0 Å². The van der Waals surface area contributed by atoms with Crippen LogP contribution in [0.25, 0.3) is 0 Å². The number of aromatic nitrogens is 2. The summed E-state index contributed by atoms with van der Waals surface area (Å²) in [5.74, 6) is 2.47. The SMILES string of the molecule is CCc1nc2c(nc1NCCC1CCC(F)CC1)CCC1C=C(O)C=CC21. The predicted molar refractivity (Wildman–Crippen MR) is 106 cm³/mol. The molecule has 1 aromatic rings. The average molecular weight is 372 g/mol. The largest absolute Gasteiger partial charge is 0.508 e. The van der Waals surface area contributed by atoms with Crippen molar-refractivity contribution in [2.75, 3.05) is 11.9 Å². The lowest BCUT2D eigenvalue weighted by molar-refractivity contribution is 0.203. The molecule has 2 atom stereocenters. The van der Waals surface area contributed by atoms with Crippen LogP contribution in [0.5, 0.6) is 0 Å². The Balaban J connectivity index is 1.44. The zero-order chi connectivity index (χ0) is 18.8. The number of aliphatic hydroxyl groups excluding tert-OH is 1. The molecule has 1 fully saturated rings. The van der Waals surface area contributed by atoms with Crippen molar-refractivity contribution >= 4 is 5.82 Å². The van der Waals surface area contributed by atoms with Crippen LogP contribution in [0.4, 0.5) is 10.2 Å². The van der Waals surface area contributed by atoms with Crippen molar-refractivity contribution in [3.05, 3.63) is 41.1 Å². The zero-order valence-corrected chi connectivity index (χ0v) is 16.1. The number of nitrogens with one attached hydrogen (secondary N) is 1. The maximum Gasteiger partial charge on any atom is 0.148 e. The van der Waals surface area contributed by atoms with Gasteiger partial charge in [-0.1, -0.05) is 13.0 Å². The van der Waals surface area contributed by atoms with Gasteiger partial charge in [-0.25, -0.2) is 9.37 Å². The van der Waals surface area contributed by atoms with Gasteiger partial charge in [-0.2, -0.15) is 0 Å².